The number of carbonyl (C=O) groups is 1. The third-order valence-corrected chi connectivity index (χ3v) is 4.76. The molecule has 26 heavy (non-hydrogen) atoms. The van der Waals surface area contributed by atoms with Crippen LogP contribution < -0.4 is 11.1 Å². The summed E-state index contributed by atoms with van der Waals surface area (Å²) in [5.41, 5.74) is 8.95. The number of hydrogen-bond donors (Lipinski definition) is 2. The lowest BCUT2D eigenvalue weighted by Crippen LogP contribution is -2.13. The highest BCUT2D eigenvalue weighted by atomic mass is 32.1. The lowest BCUT2D eigenvalue weighted by atomic mass is 10.1. The largest absolute Gasteiger partial charge is 0.369 e. The van der Waals surface area contributed by atoms with Gasteiger partial charge in [0, 0.05) is 16.9 Å². The Labute approximate surface area is 156 Å². The zero-order valence-corrected chi connectivity index (χ0v) is 15.3. The third kappa shape index (κ3) is 4.15. The van der Waals surface area contributed by atoms with Gasteiger partial charge in [-0.25, -0.2) is 9.97 Å². The minimum atomic E-state index is -0.342. The summed E-state index contributed by atoms with van der Waals surface area (Å²) < 4.78 is 0. The van der Waals surface area contributed by atoms with E-state index in [9.17, 15) is 4.79 Å². The zero-order chi connectivity index (χ0) is 18.5. The molecule has 0 aliphatic carbocycles. The first-order chi connectivity index (χ1) is 12.6. The Morgan fingerprint density at radius 1 is 1.27 bits per heavy atom. The Morgan fingerprint density at radius 3 is 2.65 bits per heavy atom. The fourth-order valence-electron chi connectivity index (χ4n) is 2.65. The number of nitrogens with two attached hydrogens (primary N) is 1. The second-order valence-corrected chi connectivity index (χ2v) is 6.84. The number of aryl methyl sites for hydroxylation is 1. The minimum Gasteiger partial charge on any atom is -0.369 e. The van der Waals surface area contributed by atoms with E-state index >= 15 is 0 Å². The summed E-state index contributed by atoms with van der Waals surface area (Å²) in [6.45, 7) is 5.82. The summed E-state index contributed by atoms with van der Waals surface area (Å²) in [5.74, 6) is 1.13. The number of carbonyl (C=O) groups excluding carboxylic acids is 1. The van der Waals surface area contributed by atoms with E-state index in [2.05, 4.69) is 16.9 Å². The number of allylic oxidation sites excluding steroid dienone is 1. The molecule has 2 heterocycles. The number of primary amides is 1. The van der Waals surface area contributed by atoms with Gasteiger partial charge in [0.2, 0.25) is 5.91 Å². The van der Waals surface area contributed by atoms with E-state index in [1.54, 1.807) is 11.3 Å². The van der Waals surface area contributed by atoms with Crippen molar-refractivity contribution in [1.29, 1.82) is 0 Å². The Hall–Kier alpha value is -2.99. The van der Waals surface area contributed by atoms with E-state index in [0.29, 0.717) is 12.2 Å². The molecule has 0 atom stereocenters. The number of nitrogens with zero attached hydrogens (tertiary/aromatic N) is 2. The highest BCUT2D eigenvalue weighted by molar-refractivity contribution is 7.13. The molecular formula is C20H20N4OS. The van der Waals surface area contributed by atoms with Gasteiger partial charge in [-0.2, -0.15) is 0 Å². The summed E-state index contributed by atoms with van der Waals surface area (Å²) in [6.07, 6.45) is 2.76. The number of nitrogens with one attached hydrogen (secondary N) is 1. The number of thiophene rings is 1. The smallest absolute Gasteiger partial charge is 0.221 e. The van der Waals surface area contributed by atoms with Gasteiger partial charge >= 0.3 is 0 Å². The predicted molar refractivity (Wildman–Crippen MR) is 107 cm³/mol. The molecular weight excluding hydrogens is 344 g/mol. The maximum Gasteiger partial charge on any atom is 0.221 e. The second kappa shape index (κ2) is 7.93. The van der Waals surface area contributed by atoms with Crippen LogP contribution in [-0.2, 0) is 17.6 Å². The van der Waals surface area contributed by atoms with Crippen molar-refractivity contribution in [1.82, 2.24) is 9.97 Å². The third-order valence-electron chi connectivity index (χ3n) is 3.90. The van der Waals surface area contributed by atoms with Gasteiger partial charge in [-0.05, 0) is 42.5 Å². The van der Waals surface area contributed by atoms with E-state index in [-0.39, 0.29) is 12.3 Å². The van der Waals surface area contributed by atoms with Crippen molar-refractivity contribution in [2.75, 3.05) is 5.32 Å². The van der Waals surface area contributed by atoms with Gasteiger partial charge in [-0.3, -0.25) is 4.79 Å². The van der Waals surface area contributed by atoms with Crippen molar-refractivity contribution in [3.63, 3.8) is 0 Å². The van der Waals surface area contributed by atoms with Crippen molar-refractivity contribution >= 4 is 28.7 Å². The molecule has 1 aromatic carbocycles. The van der Waals surface area contributed by atoms with Crippen LogP contribution in [0.5, 0.6) is 0 Å². The van der Waals surface area contributed by atoms with Crippen molar-refractivity contribution in [3.05, 3.63) is 71.3 Å². The predicted octanol–water partition coefficient (Wildman–Crippen LogP) is 4.01. The number of rotatable bonds is 7. The summed E-state index contributed by atoms with van der Waals surface area (Å²) in [7, 11) is 0. The van der Waals surface area contributed by atoms with Crippen LogP contribution in [0.3, 0.4) is 0 Å². The molecule has 5 nitrogen and oxygen atoms in total. The molecule has 3 N–H and O–H groups in total. The van der Waals surface area contributed by atoms with Crippen LogP contribution in [0.2, 0.25) is 0 Å². The quantitative estimate of drug-likeness (QED) is 0.621. The average molecular weight is 364 g/mol. The Bertz CT molecular complexity index is 918. The molecule has 0 bridgehead atoms. The van der Waals surface area contributed by atoms with Gasteiger partial charge in [0.15, 0.2) is 5.82 Å². The van der Waals surface area contributed by atoms with Crippen LogP contribution in [-0.4, -0.2) is 15.9 Å². The molecule has 0 aliphatic heterocycles. The van der Waals surface area contributed by atoms with Gasteiger partial charge in [-0.15, -0.1) is 17.9 Å². The summed E-state index contributed by atoms with van der Waals surface area (Å²) in [4.78, 5) is 21.4. The fourth-order valence-corrected chi connectivity index (χ4v) is 3.31. The van der Waals surface area contributed by atoms with Crippen LogP contribution in [0.1, 0.15) is 16.8 Å². The standard InChI is InChI=1S/C20H20N4OS/c1-3-5-16-13(2)22-20(17-6-4-11-26-17)24-19(16)23-15-9-7-14(8-10-15)12-18(21)25/h3-4,6-11H,1,5,12H2,2H3,(H2,21,25)(H,22,23,24). The number of anilines is 2. The van der Waals surface area contributed by atoms with Crippen molar-refractivity contribution < 1.29 is 4.79 Å². The minimum absolute atomic E-state index is 0.233. The SMILES string of the molecule is C=CCc1c(C)nc(-c2cccs2)nc1Nc1ccc(CC(N)=O)cc1. The number of amides is 1. The molecule has 6 heteroatoms. The topological polar surface area (TPSA) is 80.9 Å². The highest BCUT2D eigenvalue weighted by Crippen LogP contribution is 2.28. The van der Waals surface area contributed by atoms with Crippen LogP contribution in [0.4, 0.5) is 11.5 Å². The number of hydrogen-bond acceptors (Lipinski definition) is 5. The molecule has 0 unspecified atom stereocenters. The Balaban J connectivity index is 1.94. The maximum absolute atomic E-state index is 11.0. The van der Waals surface area contributed by atoms with E-state index in [4.69, 9.17) is 10.7 Å². The van der Waals surface area contributed by atoms with E-state index in [0.717, 1.165) is 33.2 Å². The van der Waals surface area contributed by atoms with Gasteiger partial charge in [0.25, 0.3) is 0 Å². The molecule has 3 rings (SSSR count). The van der Waals surface area contributed by atoms with E-state index in [1.807, 2.05) is 54.8 Å². The molecule has 0 saturated heterocycles. The lowest BCUT2D eigenvalue weighted by Gasteiger charge is -2.14. The molecule has 3 aromatic rings. The van der Waals surface area contributed by atoms with Gasteiger partial charge < -0.3 is 11.1 Å². The normalized spacial score (nSPS) is 10.5. The zero-order valence-electron chi connectivity index (χ0n) is 14.5. The summed E-state index contributed by atoms with van der Waals surface area (Å²) in [5, 5.41) is 5.38. The monoisotopic (exact) mass is 364 g/mol. The van der Waals surface area contributed by atoms with E-state index in [1.165, 1.54) is 0 Å². The number of aromatic nitrogens is 2. The van der Waals surface area contributed by atoms with E-state index < -0.39 is 0 Å². The van der Waals surface area contributed by atoms with Crippen molar-refractivity contribution in [2.45, 2.75) is 19.8 Å². The Morgan fingerprint density at radius 2 is 2.04 bits per heavy atom. The van der Waals surface area contributed by atoms with Gasteiger partial charge in [0.05, 0.1) is 11.3 Å². The molecule has 0 fully saturated rings. The van der Waals surface area contributed by atoms with Crippen LogP contribution in [0, 0.1) is 6.92 Å². The Kier molecular flexibility index (Phi) is 5.43. The molecule has 0 radical (unpaired) electrons. The average Bonchev–Trinajstić information content (AvgIpc) is 3.13. The molecule has 0 spiro atoms. The molecule has 0 aliphatic rings. The van der Waals surface area contributed by atoms with Crippen LogP contribution in [0.15, 0.2) is 54.4 Å². The lowest BCUT2D eigenvalue weighted by molar-refractivity contribution is -0.117. The van der Waals surface area contributed by atoms with Crippen LogP contribution >= 0.6 is 11.3 Å². The maximum atomic E-state index is 11.0. The van der Waals surface area contributed by atoms with Gasteiger partial charge in [0.1, 0.15) is 5.82 Å². The van der Waals surface area contributed by atoms with Gasteiger partial charge in [-0.1, -0.05) is 24.3 Å². The first-order valence-electron chi connectivity index (χ1n) is 8.23. The first kappa shape index (κ1) is 17.8. The first-order valence-corrected chi connectivity index (χ1v) is 9.11. The number of benzene rings is 1. The molecule has 0 saturated carbocycles. The molecule has 132 valence electrons. The van der Waals surface area contributed by atoms with Crippen molar-refractivity contribution in [2.24, 2.45) is 5.73 Å². The molecule has 1 amide bonds. The highest BCUT2D eigenvalue weighted by Gasteiger charge is 2.13. The fraction of sp³-hybridized carbons (Fsp3) is 0.150. The second-order valence-electron chi connectivity index (χ2n) is 5.89. The van der Waals surface area contributed by atoms with Crippen LogP contribution in [0.25, 0.3) is 10.7 Å². The summed E-state index contributed by atoms with van der Waals surface area (Å²) >= 11 is 1.61. The summed E-state index contributed by atoms with van der Waals surface area (Å²) in [6, 6.07) is 11.6. The molecule has 2 aromatic heterocycles. The van der Waals surface area contributed by atoms with Crippen molar-refractivity contribution in [3.8, 4) is 10.7 Å².